The molecule has 0 saturated carbocycles. The van der Waals surface area contributed by atoms with E-state index in [1.165, 1.54) is 11.1 Å². The second kappa shape index (κ2) is 10.3. The lowest BCUT2D eigenvalue weighted by Crippen LogP contribution is -2.36. The molecular formula is C24H28N4O. The zero-order valence-electron chi connectivity index (χ0n) is 17.1. The summed E-state index contributed by atoms with van der Waals surface area (Å²) < 4.78 is 1.70. The van der Waals surface area contributed by atoms with Crippen LogP contribution in [0, 0.1) is 6.92 Å². The summed E-state index contributed by atoms with van der Waals surface area (Å²) in [7, 11) is 0. The van der Waals surface area contributed by atoms with Gasteiger partial charge in [-0.2, -0.15) is 0 Å². The quantitative estimate of drug-likeness (QED) is 0.481. The molecule has 1 heterocycles. The molecule has 0 unspecified atom stereocenters. The molecule has 0 aliphatic carbocycles. The molecule has 3 aromatic rings. The van der Waals surface area contributed by atoms with Crippen LogP contribution in [0.5, 0.6) is 0 Å². The number of rotatable bonds is 7. The SMILES string of the molecule is CCNC(=NCc1ccc(Cn2ccccc2=O)cc1)NCc1ccc(C)cc1. The van der Waals surface area contributed by atoms with Crippen molar-refractivity contribution < 1.29 is 0 Å². The highest BCUT2D eigenvalue weighted by atomic mass is 16.1. The number of guanidine groups is 1. The minimum Gasteiger partial charge on any atom is -0.357 e. The number of pyridine rings is 1. The highest BCUT2D eigenvalue weighted by Crippen LogP contribution is 2.07. The fraction of sp³-hybridized carbons (Fsp3) is 0.250. The van der Waals surface area contributed by atoms with Crippen LogP contribution >= 0.6 is 0 Å². The Bertz CT molecular complexity index is 988. The van der Waals surface area contributed by atoms with Gasteiger partial charge in [-0.1, -0.05) is 60.2 Å². The summed E-state index contributed by atoms with van der Waals surface area (Å²) in [6, 6.07) is 21.9. The molecule has 0 saturated heterocycles. The molecule has 2 N–H and O–H groups in total. The third-order valence-corrected chi connectivity index (χ3v) is 4.62. The molecule has 3 rings (SSSR count). The van der Waals surface area contributed by atoms with Crippen LogP contribution in [0.4, 0.5) is 0 Å². The van der Waals surface area contributed by atoms with Gasteiger partial charge in [0.1, 0.15) is 0 Å². The number of nitrogens with one attached hydrogen (secondary N) is 2. The van der Waals surface area contributed by atoms with Crippen molar-refractivity contribution in [1.82, 2.24) is 15.2 Å². The number of benzene rings is 2. The van der Waals surface area contributed by atoms with Crippen molar-refractivity contribution in [2.24, 2.45) is 4.99 Å². The van der Waals surface area contributed by atoms with Crippen molar-refractivity contribution in [3.8, 4) is 0 Å². The molecule has 0 fully saturated rings. The van der Waals surface area contributed by atoms with Gasteiger partial charge in [0, 0.05) is 25.4 Å². The predicted molar refractivity (Wildman–Crippen MR) is 119 cm³/mol. The van der Waals surface area contributed by atoms with E-state index in [9.17, 15) is 4.79 Å². The fourth-order valence-electron chi connectivity index (χ4n) is 2.94. The van der Waals surface area contributed by atoms with E-state index in [0.29, 0.717) is 13.1 Å². The van der Waals surface area contributed by atoms with E-state index in [1.54, 1.807) is 16.7 Å². The van der Waals surface area contributed by atoms with Gasteiger partial charge in [-0.05, 0) is 36.6 Å². The molecule has 0 bridgehead atoms. The molecule has 0 aliphatic heterocycles. The molecule has 5 nitrogen and oxygen atoms in total. The number of aromatic nitrogens is 1. The van der Waals surface area contributed by atoms with Crippen molar-refractivity contribution in [2.75, 3.05) is 6.54 Å². The standard InChI is InChI=1S/C24H28N4O/c1-3-25-24(26-16-20-9-7-19(2)8-10-20)27-17-21-11-13-22(14-12-21)18-28-15-5-4-6-23(28)29/h4-15H,3,16-18H2,1-2H3,(H2,25,26,27). The van der Waals surface area contributed by atoms with Crippen LogP contribution in [0.3, 0.4) is 0 Å². The zero-order chi connectivity index (χ0) is 20.5. The van der Waals surface area contributed by atoms with Crippen LogP contribution in [-0.2, 0) is 19.6 Å². The van der Waals surface area contributed by atoms with Gasteiger partial charge in [0.15, 0.2) is 5.96 Å². The van der Waals surface area contributed by atoms with Gasteiger partial charge >= 0.3 is 0 Å². The summed E-state index contributed by atoms with van der Waals surface area (Å²) in [5, 5.41) is 6.66. The van der Waals surface area contributed by atoms with Gasteiger partial charge in [0.05, 0.1) is 13.1 Å². The first-order valence-corrected chi connectivity index (χ1v) is 9.95. The van der Waals surface area contributed by atoms with Gasteiger partial charge in [0.25, 0.3) is 5.56 Å². The van der Waals surface area contributed by atoms with Crippen LogP contribution in [0.1, 0.15) is 29.2 Å². The van der Waals surface area contributed by atoms with Crippen molar-refractivity contribution in [3.05, 3.63) is 106 Å². The van der Waals surface area contributed by atoms with E-state index in [4.69, 9.17) is 0 Å². The summed E-state index contributed by atoms with van der Waals surface area (Å²) >= 11 is 0. The molecule has 150 valence electrons. The smallest absolute Gasteiger partial charge is 0.250 e. The molecule has 0 atom stereocenters. The number of hydrogen-bond donors (Lipinski definition) is 2. The maximum absolute atomic E-state index is 11.8. The first-order valence-electron chi connectivity index (χ1n) is 9.95. The average molecular weight is 389 g/mol. The van der Waals surface area contributed by atoms with E-state index < -0.39 is 0 Å². The van der Waals surface area contributed by atoms with Crippen molar-refractivity contribution in [1.29, 1.82) is 0 Å². The van der Waals surface area contributed by atoms with Crippen molar-refractivity contribution in [2.45, 2.75) is 33.5 Å². The molecule has 2 aromatic carbocycles. The second-order valence-electron chi connectivity index (χ2n) is 7.02. The Labute approximate surface area is 172 Å². The van der Waals surface area contributed by atoms with E-state index in [0.717, 1.165) is 30.2 Å². The van der Waals surface area contributed by atoms with Gasteiger partial charge in [-0.25, -0.2) is 4.99 Å². The Balaban J connectivity index is 1.59. The number of nitrogens with zero attached hydrogens (tertiary/aromatic N) is 2. The van der Waals surface area contributed by atoms with Crippen molar-refractivity contribution in [3.63, 3.8) is 0 Å². The third-order valence-electron chi connectivity index (χ3n) is 4.62. The lowest BCUT2D eigenvalue weighted by atomic mass is 10.1. The number of hydrogen-bond acceptors (Lipinski definition) is 2. The monoisotopic (exact) mass is 388 g/mol. The zero-order valence-corrected chi connectivity index (χ0v) is 17.1. The Morgan fingerprint density at radius 3 is 2.28 bits per heavy atom. The fourth-order valence-corrected chi connectivity index (χ4v) is 2.94. The van der Waals surface area contributed by atoms with Crippen LogP contribution in [-0.4, -0.2) is 17.1 Å². The lowest BCUT2D eigenvalue weighted by molar-refractivity contribution is 0.759. The molecule has 0 spiro atoms. The Morgan fingerprint density at radius 2 is 1.59 bits per heavy atom. The molecule has 1 aromatic heterocycles. The molecule has 0 aliphatic rings. The summed E-state index contributed by atoms with van der Waals surface area (Å²) in [5.41, 5.74) is 4.71. The summed E-state index contributed by atoms with van der Waals surface area (Å²) in [6.07, 6.45) is 1.81. The molecule has 0 radical (unpaired) electrons. The van der Waals surface area contributed by atoms with Gasteiger partial charge in [-0.3, -0.25) is 4.79 Å². The highest BCUT2D eigenvalue weighted by Gasteiger charge is 2.01. The van der Waals surface area contributed by atoms with Crippen LogP contribution in [0.25, 0.3) is 0 Å². The predicted octanol–water partition coefficient (Wildman–Crippen LogP) is 3.46. The van der Waals surface area contributed by atoms with Gasteiger partial charge in [-0.15, -0.1) is 0 Å². The van der Waals surface area contributed by atoms with Crippen LogP contribution in [0.15, 0.2) is 82.7 Å². The number of aryl methyl sites for hydroxylation is 1. The average Bonchev–Trinajstić information content (AvgIpc) is 2.74. The van der Waals surface area contributed by atoms with Crippen LogP contribution in [0.2, 0.25) is 0 Å². The third kappa shape index (κ3) is 6.35. The lowest BCUT2D eigenvalue weighted by Gasteiger charge is -2.12. The summed E-state index contributed by atoms with van der Waals surface area (Å²) in [4.78, 5) is 16.5. The van der Waals surface area contributed by atoms with E-state index in [-0.39, 0.29) is 5.56 Å². The van der Waals surface area contributed by atoms with Crippen LogP contribution < -0.4 is 16.2 Å². The summed E-state index contributed by atoms with van der Waals surface area (Å²) in [5.74, 6) is 0.799. The maximum Gasteiger partial charge on any atom is 0.250 e. The van der Waals surface area contributed by atoms with Gasteiger partial charge in [0.2, 0.25) is 0 Å². The minimum absolute atomic E-state index is 0.0103. The largest absolute Gasteiger partial charge is 0.357 e. The first kappa shape index (κ1) is 20.4. The van der Waals surface area contributed by atoms with Crippen molar-refractivity contribution >= 4 is 5.96 Å². The van der Waals surface area contributed by atoms with E-state index in [1.807, 2.05) is 12.3 Å². The second-order valence-corrected chi connectivity index (χ2v) is 7.02. The minimum atomic E-state index is 0.0103. The maximum atomic E-state index is 11.8. The molecular weight excluding hydrogens is 360 g/mol. The molecule has 29 heavy (non-hydrogen) atoms. The molecule has 0 amide bonds. The number of aliphatic imine (C=N–C) groups is 1. The van der Waals surface area contributed by atoms with Gasteiger partial charge < -0.3 is 15.2 Å². The highest BCUT2D eigenvalue weighted by molar-refractivity contribution is 5.79. The topological polar surface area (TPSA) is 58.4 Å². The molecule has 5 heteroatoms. The Kier molecular flexibility index (Phi) is 7.22. The normalized spacial score (nSPS) is 11.3. The Hall–Kier alpha value is -3.34. The van der Waals surface area contributed by atoms with E-state index in [2.05, 4.69) is 78.0 Å². The first-order chi connectivity index (χ1) is 14.1. The Morgan fingerprint density at radius 1 is 0.897 bits per heavy atom. The van der Waals surface area contributed by atoms with E-state index >= 15 is 0 Å². The summed E-state index contributed by atoms with van der Waals surface area (Å²) in [6.45, 7) is 6.86.